The molecule has 0 radical (unpaired) electrons. The van der Waals surface area contributed by atoms with Gasteiger partial charge in [-0.25, -0.2) is 4.79 Å². The van der Waals surface area contributed by atoms with E-state index in [1.54, 1.807) is 31.4 Å². The van der Waals surface area contributed by atoms with Gasteiger partial charge in [-0.05, 0) is 56.0 Å². The van der Waals surface area contributed by atoms with Crippen LogP contribution in [0.25, 0.3) is 17.4 Å². The van der Waals surface area contributed by atoms with Crippen molar-refractivity contribution in [3.8, 4) is 28.6 Å². The van der Waals surface area contributed by atoms with Crippen molar-refractivity contribution in [3.05, 3.63) is 45.8 Å². The fourth-order valence-corrected chi connectivity index (χ4v) is 4.05. The molecule has 1 aliphatic heterocycles. The van der Waals surface area contributed by atoms with Crippen LogP contribution >= 0.6 is 0 Å². The minimum Gasteiger partial charge on any atom is -0.493 e. The summed E-state index contributed by atoms with van der Waals surface area (Å²) in [4.78, 5) is 23.6. The van der Waals surface area contributed by atoms with Crippen LogP contribution in [0.1, 0.15) is 31.7 Å². The average Bonchev–Trinajstić information content (AvgIpc) is 2.72. The van der Waals surface area contributed by atoms with Gasteiger partial charge >= 0.3 is 5.63 Å². The second-order valence-corrected chi connectivity index (χ2v) is 7.24. The molecule has 1 fully saturated rings. The van der Waals surface area contributed by atoms with E-state index in [1.807, 2.05) is 13.0 Å². The van der Waals surface area contributed by atoms with Gasteiger partial charge in [0.1, 0.15) is 23.2 Å². The molecule has 152 valence electrons. The highest BCUT2D eigenvalue weighted by atomic mass is 16.6. The average molecular weight is 398 g/mol. The van der Waals surface area contributed by atoms with Crippen LogP contribution < -0.4 is 19.8 Å². The first-order valence-electron chi connectivity index (χ1n) is 9.40. The summed E-state index contributed by atoms with van der Waals surface area (Å²) >= 11 is 0. The molecule has 1 aromatic carbocycles. The second kappa shape index (κ2) is 7.31. The van der Waals surface area contributed by atoms with Crippen molar-refractivity contribution >= 4 is 12.5 Å². The molecule has 2 aliphatic rings. The Morgan fingerprint density at radius 2 is 1.97 bits per heavy atom. The molecule has 2 aromatic rings. The van der Waals surface area contributed by atoms with Crippen molar-refractivity contribution in [2.24, 2.45) is 0 Å². The predicted octanol–water partition coefficient (Wildman–Crippen LogP) is 3.58. The number of ether oxygens (including phenoxy) is 4. The summed E-state index contributed by atoms with van der Waals surface area (Å²) in [6, 6.07) is 6.93. The van der Waals surface area contributed by atoms with E-state index in [0.29, 0.717) is 47.0 Å². The summed E-state index contributed by atoms with van der Waals surface area (Å²) in [5, 5.41) is 0. The molecular formula is C22H22O7. The van der Waals surface area contributed by atoms with Crippen molar-refractivity contribution < 1.29 is 28.2 Å². The van der Waals surface area contributed by atoms with Gasteiger partial charge < -0.3 is 23.4 Å². The highest BCUT2D eigenvalue weighted by molar-refractivity contribution is 5.69. The molecule has 0 N–H and O–H groups in total. The van der Waals surface area contributed by atoms with Crippen LogP contribution in [0.15, 0.2) is 39.1 Å². The van der Waals surface area contributed by atoms with Gasteiger partial charge in [0, 0.05) is 11.6 Å². The number of rotatable bonds is 5. The van der Waals surface area contributed by atoms with Crippen molar-refractivity contribution in [2.75, 3.05) is 14.2 Å². The predicted molar refractivity (Wildman–Crippen MR) is 105 cm³/mol. The summed E-state index contributed by atoms with van der Waals surface area (Å²) < 4.78 is 27.7. The Morgan fingerprint density at radius 1 is 1.17 bits per heavy atom. The Hall–Kier alpha value is -3.22. The van der Waals surface area contributed by atoms with Crippen LogP contribution in [-0.4, -0.2) is 32.4 Å². The summed E-state index contributed by atoms with van der Waals surface area (Å²) in [7, 11) is 3.09. The molecule has 0 spiro atoms. The minimum absolute atomic E-state index is 0.346. The standard InChI is InChI=1S/C22H22O7/c1-22-14(5-4-6-20(22)27-12-23)10-15-18(29-22)11-17(28-21(15)24)13-7-8-16(25-2)19(9-13)26-3/h7-12,20H,4-6H2,1-3H3/t20-,22+/m1/s1. The largest absolute Gasteiger partial charge is 0.493 e. The first-order valence-corrected chi connectivity index (χ1v) is 9.40. The van der Waals surface area contributed by atoms with Crippen LogP contribution in [0.3, 0.4) is 0 Å². The number of hydrogen-bond acceptors (Lipinski definition) is 7. The van der Waals surface area contributed by atoms with Crippen molar-refractivity contribution in [1.29, 1.82) is 0 Å². The second-order valence-electron chi connectivity index (χ2n) is 7.24. The van der Waals surface area contributed by atoms with Crippen molar-refractivity contribution in [2.45, 2.75) is 37.9 Å². The first kappa shape index (κ1) is 19.1. The summed E-state index contributed by atoms with van der Waals surface area (Å²) in [5.41, 5.74) is 0.646. The van der Waals surface area contributed by atoms with Crippen LogP contribution in [0.5, 0.6) is 17.2 Å². The zero-order chi connectivity index (χ0) is 20.6. The fraction of sp³-hybridized carbons (Fsp3) is 0.364. The van der Waals surface area contributed by atoms with Gasteiger partial charge in [0.25, 0.3) is 6.47 Å². The molecule has 2 atom stereocenters. The van der Waals surface area contributed by atoms with Gasteiger partial charge in [-0.3, -0.25) is 4.79 Å². The van der Waals surface area contributed by atoms with Gasteiger partial charge in [-0.15, -0.1) is 0 Å². The molecule has 7 heteroatoms. The van der Waals surface area contributed by atoms with E-state index in [1.165, 1.54) is 7.11 Å². The Kier molecular flexibility index (Phi) is 4.82. The molecule has 0 bridgehead atoms. The van der Waals surface area contributed by atoms with E-state index >= 15 is 0 Å². The molecule has 1 saturated carbocycles. The number of fused-ring (bicyclic) bond motifs is 2. The molecule has 0 saturated heterocycles. The zero-order valence-electron chi connectivity index (χ0n) is 16.5. The fourth-order valence-electron chi connectivity index (χ4n) is 4.05. The van der Waals surface area contributed by atoms with Crippen molar-refractivity contribution in [3.63, 3.8) is 0 Å². The Bertz CT molecular complexity index is 1040. The number of methoxy groups -OCH3 is 2. The third-order valence-electron chi connectivity index (χ3n) is 5.64. The molecule has 1 aliphatic carbocycles. The molecule has 4 rings (SSSR count). The maximum absolute atomic E-state index is 12.7. The maximum atomic E-state index is 12.7. The quantitative estimate of drug-likeness (QED) is 0.712. The van der Waals surface area contributed by atoms with Gasteiger partial charge in [0.05, 0.1) is 14.2 Å². The molecule has 29 heavy (non-hydrogen) atoms. The SMILES string of the molecule is COc1ccc(-c2cc3c(c(=O)o2)C=C2CCC[C@@H](OC=O)[C@@]2(C)O3)cc1OC. The van der Waals surface area contributed by atoms with Gasteiger partial charge in [0.15, 0.2) is 17.1 Å². The molecule has 0 amide bonds. The number of benzene rings is 1. The maximum Gasteiger partial charge on any atom is 0.347 e. The van der Waals surface area contributed by atoms with E-state index < -0.39 is 17.3 Å². The van der Waals surface area contributed by atoms with E-state index in [0.717, 1.165) is 18.4 Å². The number of carbonyl (C=O) groups is 1. The minimum atomic E-state index is -0.811. The van der Waals surface area contributed by atoms with Crippen LogP contribution in [0.4, 0.5) is 0 Å². The summed E-state index contributed by atoms with van der Waals surface area (Å²) in [6.45, 7) is 2.34. The third kappa shape index (κ3) is 3.16. The number of hydrogen-bond donors (Lipinski definition) is 0. The highest BCUT2D eigenvalue weighted by Gasteiger charge is 2.47. The van der Waals surface area contributed by atoms with E-state index in [9.17, 15) is 9.59 Å². The van der Waals surface area contributed by atoms with E-state index in [-0.39, 0.29) is 0 Å². The highest BCUT2D eigenvalue weighted by Crippen LogP contribution is 2.44. The molecule has 0 unspecified atom stereocenters. The van der Waals surface area contributed by atoms with Gasteiger partial charge in [0.2, 0.25) is 0 Å². The zero-order valence-corrected chi connectivity index (χ0v) is 16.5. The first-order chi connectivity index (χ1) is 14.0. The normalized spacial score (nSPS) is 22.4. The topological polar surface area (TPSA) is 84.2 Å². The number of carbonyl (C=O) groups excluding carboxylic acids is 1. The smallest absolute Gasteiger partial charge is 0.347 e. The monoisotopic (exact) mass is 398 g/mol. The van der Waals surface area contributed by atoms with Crippen LogP contribution in [0.2, 0.25) is 0 Å². The van der Waals surface area contributed by atoms with Gasteiger partial charge in [-0.1, -0.05) is 0 Å². The lowest BCUT2D eigenvalue weighted by molar-refractivity contribution is -0.145. The molecule has 7 nitrogen and oxygen atoms in total. The van der Waals surface area contributed by atoms with E-state index in [4.69, 9.17) is 23.4 Å². The Morgan fingerprint density at radius 3 is 2.69 bits per heavy atom. The third-order valence-corrected chi connectivity index (χ3v) is 5.64. The summed E-state index contributed by atoms with van der Waals surface area (Å²) in [6.07, 6.45) is 3.72. The lowest BCUT2D eigenvalue weighted by Gasteiger charge is -2.44. The van der Waals surface area contributed by atoms with E-state index in [2.05, 4.69) is 0 Å². The van der Waals surface area contributed by atoms with Crippen molar-refractivity contribution in [1.82, 2.24) is 0 Å². The lowest BCUT2D eigenvalue weighted by Crippen LogP contribution is -2.51. The molecule has 2 heterocycles. The Balaban J connectivity index is 1.79. The molecule has 1 aromatic heterocycles. The summed E-state index contributed by atoms with van der Waals surface area (Å²) in [5.74, 6) is 1.84. The molecular weight excluding hydrogens is 376 g/mol. The lowest BCUT2D eigenvalue weighted by atomic mass is 9.77. The van der Waals surface area contributed by atoms with Crippen LogP contribution in [-0.2, 0) is 9.53 Å². The van der Waals surface area contributed by atoms with Gasteiger partial charge in [-0.2, -0.15) is 0 Å². The van der Waals surface area contributed by atoms with Crippen LogP contribution in [0, 0.1) is 0 Å². The Labute approximate surface area is 167 Å².